The van der Waals surface area contributed by atoms with Crippen molar-refractivity contribution in [2.24, 2.45) is 0 Å². The van der Waals surface area contributed by atoms with E-state index >= 15 is 0 Å². The molecule has 0 saturated carbocycles. The van der Waals surface area contributed by atoms with E-state index in [1.807, 2.05) is 0 Å². The van der Waals surface area contributed by atoms with E-state index in [1.165, 1.54) is 36.1 Å². The molecule has 1 saturated heterocycles. The number of hydrogen-bond acceptors (Lipinski definition) is 3. The van der Waals surface area contributed by atoms with Crippen molar-refractivity contribution in [2.45, 2.75) is 18.9 Å². The van der Waals surface area contributed by atoms with Crippen LogP contribution in [0.2, 0.25) is 0 Å². The van der Waals surface area contributed by atoms with Gasteiger partial charge in [-0.3, -0.25) is 4.79 Å². The highest BCUT2D eigenvalue weighted by Crippen LogP contribution is 2.27. The fourth-order valence-corrected chi connectivity index (χ4v) is 2.89. The van der Waals surface area contributed by atoms with Gasteiger partial charge < -0.3 is 20.0 Å². The number of nitrogens with zero attached hydrogens (tertiary/aromatic N) is 2. The van der Waals surface area contributed by atoms with Crippen LogP contribution in [0.1, 0.15) is 12.5 Å². The van der Waals surface area contributed by atoms with Gasteiger partial charge in [0.2, 0.25) is 5.91 Å². The number of carbonyl (C=O) groups excluding carboxylic acids is 1. The fourth-order valence-electron chi connectivity index (χ4n) is 2.89. The fraction of sp³-hybridized carbons (Fsp3) is 0.400. The molecule has 1 aromatic rings. The third-order valence-electron chi connectivity index (χ3n) is 4.02. The highest BCUT2D eigenvalue weighted by Gasteiger charge is 2.50. The van der Waals surface area contributed by atoms with Crippen LogP contribution >= 0.6 is 0 Å². The second kappa shape index (κ2) is 6.23. The number of aliphatic carboxylic acids is 1. The van der Waals surface area contributed by atoms with Crippen molar-refractivity contribution in [3.63, 3.8) is 0 Å². The smallest absolute Gasteiger partial charge is 0.407 e. The van der Waals surface area contributed by atoms with E-state index in [0.717, 1.165) is 4.90 Å². The Kier molecular flexibility index (Phi) is 4.53. The predicted molar refractivity (Wildman–Crippen MR) is 77.5 cm³/mol. The van der Waals surface area contributed by atoms with E-state index in [2.05, 4.69) is 0 Å². The average Bonchev–Trinajstić information content (AvgIpc) is 2.49. The third-order valence-corrected chi connectivity index (χ3v) is 4.02. The van der Waals surface area contributed by atoms with Crippen LogP contribution in [0.4, 0.5) is 9.18 Å². The van der Waals surface area contributed by atoms with Gasteiger partial charge in [0.25, 0.3) is 0 Å². The quantitative estimate of drug-likeness (QED) is 0.865. The Morgan fingerprint density at radius 2 is 1.78 bits per heavy atom. The maximum atomic E-state index is 13.0. The molecule has 0 radical (unpaired) electrons. The molecule has 0 aromatic heterocycles. The summed E-state index contributed by atoms with van der Waals surface area (Å²) in [6, 6.07) is 5.25. The molecule has 7 nitrogen and oxygen atoms in total. The molecule has 23 heavy (non-hydrogen) atoms. The summed E-state index contributed by atoms with van der Waals surface area (Å²) in [4.78, 5) is 37.2. The second-order valence-electron chi connectivity index (χ2n) is 5.51. The van der Waals surface area contributed by atoms with Crippen molar-refractivity contribution < 1.29 is 29.0 Å². The van der Waals surface area contributed by atoms with Gasteiger partial charge in [-0.1, -0.05) is 12.1 Å². The summed E-state index contributed by atoms with van der Waals surface area (Å²) in [5.74, 6) is -2.19. The van der Waals surface area contributed by atoms with Gasteiger partial charge in [-0.15, -0.1) is 0 Å². The molecule has 0 bridgehead atoms. The minimum Gasteiger partial charge on any atom is -0.479 e. The largest absolute Gasteiger partial charge is 0.479 e. The van der Waals surface area contributed by atoms with Crippen LogP contribution < -0.4 is 0 Å². The van der Waals surface area contributed by atoms with Crippen LogP contribution in [-0.4, -0.2) is 63.2 Å². The molecular formula is C15H17FN2O5. The summed E-state index contributed by atoms with van der Waals surface area (Å²) < 4.78 is 13.0. The molecule has 2 amide bonds. The lowest BCUT2D eigenvalue weighted by Gasteiger charge is -2.47. The molecular weight excluding hydrogens is 307 g/mol. The van der Waals surface area contributed by atoms with Crippen LogP contribution in [0.25, 0.3) is 0 Å². The summed E-state index contributed by atoms with van der Waals surface area (Å²) in [6.45, 7) is 0.954. The summed E-state index contributed by atoms with van der Waals surface area (Å²) in [5.41, 5.74) is -1.20. The minimum atomic E-state index is -1.71. The van der Waals surface area contributed by atoms with Crippen molar-refractivity contribution in [3.05, 3.63) is 35.6 Å². The predicted octanol–water partition coefficient (Wildman–Crippen LogP) is 1.03. The molecule has 1 aliphatic rings. The average molecular weight is 324 g/mol. The Bertz CT molecular complexity index is 633. The maximum Gasteiger partial charge on any atom is 0.407 e. The van der Waals surface area contributed by atoms with E-state index < -0.39 is 29.3 Å². The number of piperazine rings is 1. The normalized spacial score (nSPS) is 21.1. The highest BCUT2D eigenvalue weighted by molar-refractivity contribution is 5.88. The van der Waals surface area contributed by atoms with E-state index in [0.29, 0.717) is 5.56 Å². The summed E-state index contributed by atoms with van der Waals surface area (Å²) in [6.07, 6.45) is -1.34. The van der Waals surface area contributed by atoms with Crippen molar-refractivity contribution >= 4 is 18.0 Å². The molecule has 1 fully saturated rings. The zero-order chi connectivity index (χ0) is 17.2. The number of carboxylic acids is 1. The van der Waals surface area contributed by atoms with Gasteiger partial charge in [0.1, 0.15) is 5.82 Å². The molecule has 1 aromatic carbocycles. The lowest BCUT2D eigenvalue weighted by Crippen LogP contribution is -2.69. The zero-order valence-corrected chi connectivity index (χ0v) is 12.5. The molecule has 1 heterocycles. The number of rotatable bonds is 3. The highest BCUT2D eigenvalue weighted by atomic mass is 19.1. The van der Waals surface area contributed by atoms with Gasteiger partial charge in [-0.25, -0.2) is 14.0 Å². The molecule has 8 heteroatoms. The van der Waals surface area contributed by atoms with Gasteiger partial charge in [0.15, 0.2) is 5.54 Å². The lowest BCUT2D eigenvalue weighted by molar-refractivity contribution is -0.163. The van der Waals surface area contributed by atoms with E-state index in [1.54, 1.807) is 0 Å². The molecule has 0 aliphatic carbocycles. The summed E-state index contributed by atoms with van der Waals surface area (Å²) in [7, 11) is 0. The van der Waals surface area contributed by atoms with Crippen molar-refractivity contribution in [3.8, 4) is 0 Å². The Morgan fingerprint density at radius 3 is 2.26 bits per heavy atom. The first-order valence-corrected chi connectivity index (χ1v) is 7.00. The van der Waals surface area contributed by atoms with Crippen molar-refractivity contribution in [1.29, 1.82) is 0 Å². The van der Waals surface area contributed by atoms with Crippen molar-refractivity contribution in [1.82, 2.24) is 9.80 Å². The number of benzene rings is 1. The second-order valence-corrected chi connectivity index (χ2v) is 5.51. The van der Waals surface area contributed by atoms with Crippen LogP contribution in [0.15, 0.2) is 24.3 Å². The molecule has 0 spiro atoms. The topological polar surface area (TPSA) is 98.2 Å². The Hall–Kier alpha value is -2.64. The van der Waals surface area contributed by atoms with Crippen LogP contribution in [0.3, 0.4) is 0 Å². The minimum absolute atomic E-state index is 0.00483. The van der Waals surface area contributed by atoms with Gasteiger partial charge in [-0.05, 0) is 17.7 Å². The van der Waals surface area contributed by atoms with Crippen LogP contribution in [-0.2, 0) is 16.0 Å². The first-order chi connectivity index (χ1) is 10.8. The van der Waals surface area contributed by atoms with E-state index in [-0.39, 0.29) is 26.1 Å². The standard InChI is InChI=1S/C15H17FN2O5/c1-10(19)18-7-6-17(14(22)23)9-15(18,13(20)21)8-11-2-4-12(16)5-3-11/h2-5H,6-9H2,1H3,(H,20,21)(H,22,23). The molecule has 2 N–H and O–H groups in total. The van der Waals surface area contributed by atoms with Crippen molar-refractivity contribution in [2.75, 3.05) is 19.6 Å². The SMILES string of the molecule is CC(=O)N1CCN(C(=O)O)CC1(Cc1ccc(F)cc1)C(=O)O. The number of carbonyl (C=O) groups is 3. The van der Waals surface area contributed by atoms with Gasteiger partial charge in [0, 0.05) is 26.4 Å². The number of amides is 2. The first-order valence-electron chi connectivity index (χ1n) is 7.00. The molecule has 1 atom stereocenters. The summed E-state index contributed by atoms with van der Waals surface area (Å²) in [5, 5.41) is 18.9. The van der Waals surface area contributed by atoms with Crippen LogP contribution in [0.5, 0.6) is 0 Å². The van der Waals surface area contributed by atoms with Crippen LogP contribution in [0, 0.1) is 5.82 Å². The Labute approximate surface area is 131 Å². The maximum absolute atomic E-state index is 13.0. The third kappa shape index (κ3) is 3.25. The molecule has 1 aliphatic heterocycles. The van der Waals surface area contributed by atoms with E-state index in [9.17, 15) is 23.9 Å². The van der Waals surface area contributed by atoms with E-state index in [4.69, 9.17) is 5.11 Å². The number of halogens is 1. The van der Waals surface area contributed by atoms with Gasteiger partial charge >= 0.3 is 12.1 Å². The monoisotopic (exact) mass is 324 g/mol. The van der Waals surface area contributed by atoms with Gasteiger partial charge in [-0.2, -0.15) is 0 Å². The molecule has 124 valence electrons. The summed E-state index contributed by atoms with van der Waals surface area (Å²) >= 11 is 0. The molecule has 1 unspecified atom stereocenters. The number of carboxylic acid groups (broad SMARTS) is 2. The molecule has 2 rings (SSSR count). The number of hydrogen-bond donors (Lipinski definition) is 2. The Balaban J connectivity index is 2.43. The lowest BCUT2D eigenvalue weighted by atomic mass is 9.86. The van der Waals surface area contributed by atoms with Gasteiger partial charge in [0.05, 0.1) is 6.54 Å². The Morgan fingerprint density at radius 1 is 1.17 bits per heavy atom. The first kappa shape index (κ1) is 16.7. The zero-order valence-electron chi connectivity index (χ0n) is 12.5.